The maximum absolute atomic E-state index is 12.3. The van der Waals surface area contributed by atoms with E-state index in [0.29, 0.717) is 13.0 Å². The molecule has 0 aromatic heterocycles. The molecule has 1 aliphatic heterocycles. The van der Waals surface area contributed by atoms with Crippen LogP contribution >= 0.6 is 0 Å². The number of ketones is 1. The number of carbonyl (C=O) groups excluding carboxylic acids is 2. The van der Waals surface area contributed by atoms with Crippen LogP contribution in [0.1, 0.15) is 26.7 Å². The zero-order valence-electron chi connectivity index (χ0n) is 10.6. The number of fused-ring (bicyclic) bond motifs is 1. The van der Waals surface area contributed by atoms with Gasteiger partial charge in [0.1, 0.15) is 5.92 Å². The molecule has 0 N–H and O–H groups in total. The SMILES string of the molecule is C[C@@H]1C(=O)C(C#N)C[C@]2(C)C(=O)N(C)CC[C@@H]12. The molecular formula is C13H18N2O2. The number of Topliss-reactive ketones (excluding diaryl/α,β-unsaturated/α-hetero) is 1. The molecule has 0 radical (unpaired) electrons. The summed E-state index contributed by atoms with van der Waals surface area (Å²) in [5.41, 5.74) is -0.527. The third-order valence-corrected chi connectivity index (χ3v) is 4.61. The lowest BCUT2D eigenvalue weighted by molar-refractivity contribution is -0.159. The van der Waals surface area contributed by atoms with E-state index in [4.69, 9.17) is 5.26 Å². The summed E-state index contributed by atoms with van der Waals surface area (Å²) in [4.78, 5) is 26.0. The molecule has 1 aliphatic carbocycles. The molecule has 2 rings (SSSR count). The Balaban J connectivity index is 2.39. The summed E-state index contributed by atoms with van der Waals surface area (Å²) in [5.74, 6) is -0.568. The number of piperidine rings is 1. The van der Waals surface area contributed by atoms with E-state index < -0.39 is 11.3 Å². The Labute approximate surface area is 102 Å². The Morgan fingerprint density at radius 3 is 2.71 bits per heavy atom. The maximum Gasteiger partial charge on any atom is 0.228 e. The van der Waals surface area contributed by atoms with Crippen molar-refractivity contribution in [3.63, 3.8) is 0 Å². The summed E-state index contributed by atoms with van der Waals surface area (Å²) in [6, 6.07) is 2.06. The Bertz CT molecular complexity index is 412. The van der Waals surface area contributed by atoms with Crippen LogP contribution in [0.2, 0.25) is 0 Å². The Hall–Kier alpha value is -1.37. The van der Waals surface area contributed by atoms with Gasteiger partial charge in [-0.2, -0.15) is 5.26 Å². The molecule has 1 saturated heterocycles. The molecule has 4 nitrogen and oxygen atoms in total. The standard InChI is InChI=1S/C13H18N2O2/c1-8-10-4-5-15(3)12(17)13(10,2)6-9(7-14)11(8)16/h8-10H,4-6H2,1-3H3/t8-,9?,10-,13-/m0/s1. The minimum atomic E-state index is -0.610. The lowest BCUT2D eigenvalue weighted by atomic mass is 9.56. The minimum absolute atomic E-state index is 0.0207. The zero-order valence-corrected chi connectivity index (χ0v) is 10.6. The second kappa shape index (κ2) is 3.83. The molecule has 17 heavy (non-hydrogen) atoms. The van der Waals surface area contributed by atoms with Gasteiger partial charge in [-0.1, -0.05) is 13.8 Å². The molecule has 92 valence electrons. The van der Waals surface area contributed by atoms with E-state index in [1.165, 1.54) is 0 Å². The number of carbonyl (C=O) groups is 2. The number of rotatable bonds is 0. The fourth-order valence-electron chi connectivity index (χ4n) is 3.54. The van der Waals surface area contributed by atoms with Crippen LogP contribution in [0.3, 0.4) is 0 Å². The molecule has 1 heterocycles. The van der Waals surface area contributed by atoms with Gasteiger partial charge < -0.3 is 4.90 Å². The van der Waals surface area contributed by atoms with Gasteiger partial charge in [-0.05, 0) is 18.8 Å². The van der Waals surface area contributed by atoms with Crippen LogP contribution in [0.25, 0.3) is 0 Å². The molecule has 1 unspecified atom stereocenters. The predicted octanol–water partition coefficient (Wildman–Crippen LogP) is 1.22. The molecule has 2 aliphatic rings. The first-order valence-corrected chi connectivity index (χ1v) is 6.10. The largest absolute Gasteiger partial charge is 0.345 e. The summed E-state index contributed by atoms with van der Waals surface area (Å²) in [6.45, 7) is 4.50. The van der Waals surface area contributed by atoms with Crippen LogP contribution in [0.4, 0.5) is 0 Å². The smallest absolute Gasteiger partial charge is 0.228 e. The first-order chi connectivity index (χ1) is 7.91. The Morgan fingerprint density at radius 2 is 2.12 bits per heavy atom. The van der Waals surface area contributed by atoms with Crippen molar-refractivity contribution in [2.24, 2.45) is 23.2 Å². The fraction of sp³-hybridized carbons (Fsp3) is 0.769. The van der Waals surface area contributed by atoms with Crippen molar-refractivity contribution in [1.29, 1.82) is 5.26 Å². The second-order valence-electron chi connectivity index (χ2n) is 5.62. The Morgan fingerprint density at radius 1 is 1.47 bits per heavy atom. The van der Waals surface area contributed by atoms with Crippen molar-refractivity contribution in [3.8, 4) is 6.07 Å². The highest BCUT2D eigenvalue weighted by atomic mass is 16.2. The van der Waals surface area contributed by atoms with Gasteiger partial charge in [0, 0.05) is 19.5 Å². The predicted molar refractivity (Wildman–Crippen MR) is 61.7 cm³/mol. The highest BCUT2D eigenvalue weighted by Gasteiger charge is 2.55. The lowest BCUT2D eigenvalue weighted by Gasteiger charge is -2.50. The number of amides is 1. The minimum Gasteiger partial charge on any atom is -0.345 e. The summed E-state index contributed by atoms with van der Waals surface area (Å²) < 4.78 is 0. The van der Waals surface area contributed by atoms with E-state index >= 15 is 0 Å². The van der Waals surface area contributed by atoms with E-state index in [0.717, 1.165) is 6.42 Å². The van der Waals surface area contributed by atoms with Crippen LogP contribution < -0.4 is 0 Å². The first-order valence-electron chi connectivity index (χ1n) is 6.10. The molecule has 4 atom stereocenters. The fourth-order valence-corrected chi connectivity index (χ4v) is 3.54. The van der Waals surface area contributed by atoms with Gasteiger partial charge in [0.25, 0.3) is 0 Å². The van der Waals surface area contributed by atoms with Crippen LogP contribution in [0, 0.1) is 34.5 Å². The van der Waals surface area contributed by atoms with Crippen molar-refractivity contribution >= 4 is 11.7 Å². The number of likely N-dealkylation sites (tertiary alicyclic amines) is 1. The van der Waals surface area contributed by atoms with Crippen LogP contribution in [-0.4, -0.2) is 30.2 Å². The molecule has 0 aromatic rings. The highest BCUT2D eigenvalue weighted by molar-refractivity contribution is 5.92. The molecule has 4 heteroatoms. The topological polar surface area (TPSA) is 61.2 Å². The van der Waals surface area contributed by atoms with E-state index in [1.807, 2.05) is 13.8 Å². The average Bonchev–Trinajstić information content (AvgIpc) is 2.31. The highest BCUT2D eigenvalue weighted by Crippen LogP contribution is 2.49. The van der Waals surface area contributed by atoms with E-state index in [1.54, 1.807) is 11.9 Å². The van der Waals surface area contributed by atoms with Crippen LogP contribution in [-0.2, 0) is 9.59 Å². The normalized spacial score (nSPS) is 42.0. The van der Waals surface area contributed by atoms with Gasteiger partial charge in [-0.15, -0.1) is 0 Å². The van der Waals surface area contributed by atoms with Crippen molar-refractivity contribution in [1.82, 2.24) is 4.90 Å². The maximum atomic E-state index is 12.3. The van der Waals surface area contributed by atoms with Crippen LogP contribution in [0.5, 0.6) is 0 Å². The van der Waals surface area contributed by atoms with E-state index in [2.05, 4.69) is 6.07 Å². The number of hydrogen-bond donors (Lipinski definition) is 0. The van der Waals surface area contributed by atoms with Gasteiger partial charge in [0.15, 0.2) is 5.78 Å². The third kappa shape index (κ3) is 1.56. The van der Waals surface area contributed by atoms with E-state index in [9.17, 15) is 9.59 Å². The van der Waals surface area contributed by atoms with Crippen molar-refractivity contribution in [2.45, 2.75) is 26.7 Å². The Kier molecular flexibility index (Phi) is 2.73. The molecule has 2 fully saturated rings. The quantitative estimate of drug-likeness (QED) is 0.633. The zero-order chi connectivity index (χ0) is 12.8. The van der Waals surface area contributed by atoms with Gasteiger partial charge in [-0.3, -0.25) is 9.59 Å². The monoisotopic (exact) mass is 234 g/mol. The molecule has 0 bridgehead atoms. The summed E-state index contributed by atoms with van der Waals surface area (Å²) in [6.07, 6.45) is 1.25. The summed E-state index contributed by atoms with van der Waals surface area (Å²) in [7, 11) is 1.80. The molecule has 0 aromatic carbocycles. The molecular weight excluding hydrogens is 216 g/mol. The lowest BCUT2D eigenvalue weighted by Crippen LogP contribution is -2.57. The van der Waals surface area contributed by atoms with Gasteiger partial charge >= 0.3 is 0 Å². The van der Waals surface area contributed by atoms with Gasteiger partial charge in [0.2, 0.25) is 5.91 Å². The molecule has 1 saturated carbocycles. The molecule has 0 spiro atoms. The summed E-state index contributed by atoms with van der Waals surface area (Å²) in [5, 5.41) is 9.04. The van der Waals surface area contributed by atoms with E-state index in [-0.39, 0.29) is 23.5 Å². The van der Waals surface area contributed by atoms with Gasteiger partial charge in [-0.25, -0.2) is 0 Å². The molecule has 1 amide bonds. The van der Waals surface area contributed by atoms with Crippen molar-refractivity contribution < 1.29 is 9.59 Å². The third-order valence-electron chi connectivity index (χ3n) is 4.61. The van der Waals surface area contributed by atoms with Gasteiger partial charge in [0.05, 0.1) is 11.5 Å². The second-order valence-corrected chi connectivity index (χ2v) is 5.62. The average molecular weight is 234 g/mol. The summed E-state index contributed by atoms with van der Waals surface area (Å²) >= 11 is 0. The number of nitriles is 1. The van der Waals surface area contributed by atoms with Crippen molar-refractivity contribution in [2.75, 3.05) is 13.6 Å². The van der Waals surface area contributed by atoms with Crippen LogP contribution in [0.15, 0.2) is 0 Å². The van der Waals surface area contributed by atoms with Crippen molar-refractivity contribution in [3.05, 3.63) is 0 Å². The number of hydrogen-bond acceptors (Lipinski definition) is 3. The first kappa shape index (κ1) is 12.1. The number of nitrogens with zero attached hydrogens (tertiary/aromatic N) is 2.